The molecule has 130 valence electrons. The molecule has 1 heterocycles. The van der Waals surface area contributed by atoms with Crippen LogP contribution in [0.1, 0.15) is 11.1 Å². The number of hydrogen-bond acceptors (Lipinski definition) is 4. The van der Waals surface area contributed by atoms with Crippen molar-refractivity contribution in [3.05, 3.63) is 53.6 Å². The van der Waals surface area contributed by atoms with Crippen LogP contribution >= 0.6 is 11.8 Å². The highest BCUT2D eigenvalue weighted by Gasteiger charge is 2.13. The number of rotatable bonds is 7. The standard InChI is InChI=1S/C19H20N2O3S/c1-13-9-14(2)11-15(10-13)24-7-8-25-19-20-16-5-3-4-6-17(16)21(19)12-18(22)23/h3-6,9-11H,7-8,12H2,1-2H3,(H,22,23). The Morgan fingerprint density at radius 1 is 1.20 bits per heavy atom. The summed E-state index contributed by atoms with van der Waals surface area (Å²) in [5.41, 5.74) is 3.99. The number of ether oxygens (including phenoxy) is 1. The van der Waals surface area contributed by atoms with E-state index in [0.29, 0.717) is 17.5 Å². The quantitative estimate of drug-likeness (QED) is 0.514. The van der Waals surface area contributed by atoms with Crippen LogP contribution in [0.5, 0.6) is 5.75 Å². The molecule has 3 rings (SSSR count). The van der Waals surface area contributed by atoms with E-state index in [0.717, 1.165) is 16.8 Å². The third kappa shape index (κ3) is 4.33. The lowest BCUT2D eigenvalue weighted by molar-refractivity contribution is -0.137. The van der Waals surface area contributed by atoms with Gasteiger partial charge in [0.1, 0.15) is 12.3 Å². The van der Waals surface area contributed by atoms with Crippen LogP contribution in [0.25, 0.3) is 11.0 Å². The molecule has 0 aliphatic rings. The van der Waals surface area contributed by atoms with E-state index in [1.807, 2.05) is 50.2 Å². The number of thioether (sulfide) groups is 1. The third-order valence-corrected chi connectivity index (χ3v) is 4.63. The van der Waals surface area contributed by atoms with Gasteiger partial charge in [-0.05, 0) is 49.2 Å². The zero-order valence-electron chi connectivity index (χ0n) is 14.2. The van der Waals surface area contributed by atoms with E-state index in [9.17, 15) is 4.79 Å². The molecule has 3 aromatic rings. The van der Waals surface area contributed by atoms with E-state index in [2.05, 4.69) is 11.1 Å². The topological polar surface area (TPSA) is 64.4 Å². The van der Waals surface area contributed by atoms with E-state index in [1.165, 1.54) is 22.9 Å². The van der Waals surface area contributed by atoms with Crippen LogP contribution in [0.4, 0.5) is 0 Å². The second-order valence-corrected chi connectivity index (χ2v) is 6.95. The van der Waals surface area contributed by atoms with Crippen molar-refractivity contribution in [2.75, 3.05) is 12.4 Å². The lowest BCUT2D eigenvalue weighted by atomic mass is 10.1. The predicted octanol–water partition coefficient (Wildman–Crippen LogP) is 3.91. The van der Waals surface area contributed by atoms with E-state index in [1.54, 1.807) is 4.57 Å². The number of hydrogen-bond donors (Lipinski definition) is 1. The predicted molar refractivity (Wildman–Crippen MR) is 99.5 cm³/mol. The summed E-state index contributed by atoms with van der Waals surface area (Å²) in [5.74, 6) is 0.671. The minimum atomic E-state index is -0.878. The van der Waals surface area contributed by atoms with Crippen LogP contribution in [-0.2, 0) is 11.3 Å². The Kier molecular flexibility index (Phi) is 5.28. The highest BCUT2D eigenvalue weighted by atomic mass is 32.2. The molecule has 2 aromatic carbocycles. The van der Waals surface area contributed by atoms with Crippen molar-refractivity contribution in [3.63, 3.8) is 0 Å². The van der Waals surface area contributed by atoms with Gasteiger partial charge in [0.2, 0.25) is 0 Å². The van der Waals surface area contributed by atoms with Gasteiger partial charge in [-0.1, -0.05) is 30.0 Å². The monoisotopic (exact) mass is 356 g/mol. The fourth-order valence-corrected chi connectivity index (χ4v) is 3.59. The van der Waals surface area contributed by atoms with Crippen molar-refractivity contribution in [2.45, 2.75) is 25.5 Å². The normalized spacial score (nSPS) is 11.0. The van der Waals surface area contributed by atoms with Gasteiger partial charge in [-0.15, -0.1) is 0 Å². The molecule has 0 aliphatic carbocycles. The lowest BCUT2D eigenvalue weighted by Crippen LogP contribution is -2.10. The molecule has 0 bridgehead atoms. The van der Waals surface area contributed by atoms with E-state index < -0.39 is 5.97 Å². The number of imidazole rings is 1. The number of para-hydroxylation sites is 2. The van der Waals surface area contributed by atoms with Gasteiger partial charge in [-0.2, -0.15) is 0 Å². The molecular formula is C19H20N2O3S. The van der Waals surface area contributed by atoms with E-state index in [4.69, 9.17) is 9.84 Å². The molecule has 0 spiro atoms. The maximum atomic E-state index is 11.2. The second kappa shape index (κ2) is 7.61. The van der Waals surface area contributed by atoms with Gasteiger partial charge in [0.05, 0.1) is 17.6 Å². The lowest BCUT2D eigenvalue weighted by Gasteiger charge is -2.09. The number of aliphatic carboxylic acids is 1. The van der Waals surface area contributed by atoms with Gasteiger partial charge in [0, 0.05) is 5.75 Å². The van der Waals surface area contributed by atoms with Crippen molar-refractivity contribution in [1.29, 1.82) is 0 Å². The van der Waals surface area contributed by atoms with Gasteiger partial charge in [-0.3, -0.25) is 4.79 Å². The summed E-state index contributed by atoms with van der Waals surface area (Å²) in [6.07, 6.45) is 0. The highest BCUT2D eigenvalue weighted by molar-refractivity contribution is 7.99. The molecule has 0 amide bonds. The molecule has 0 fully saturated rings. The zero-order valence-corrected chi connectivity index (χ0v) is 15.0. The first-order valence-electron chi connectivity index (χ1n) is 8.04. The Morgan fingerprint density at radius 2 is 1.92 bits per heavy atom. The summed E-state index contributed by atoms with van der Waals surface area (Å²) in [6, 6.07) is 13.7. The highest BCUT2D eigenvalue weighted by Crippen LogP contribution is 2.24. The summed E-state index contributed by atoms with van der Waals surface area (Å²) in [7, 11) is 0. The minimum Gasteiger partial charge on any atom is -0.493 e. The van der Waals surface area contributed by atoms with Crippen LogP contribution in [-0.4, -0.2) is 33.0 Å². The first-order valence-corrected chi connectivity index (χ1v) is 9.02. The molecular weight excluding hydrogens is 336 g/mol. The molecule has 0 unspecified atom stereocenters. The second-order valence-electron chi connectivity index (χ2n) is 5.88. The Balaban J connectivity index is 1.67. The van der Waals surface area contributed by atoms with Crippen LogP contribution in [0.2, 0.25) is 0 Å². The van der Waals surface area contributed by atoms with Crippen LogP contribution < -0.4 is 4.74 Å². The maximum Gasteiger partial charge on any atom is 0.323 e. The number of nitrogens with zero attached hydrogens (tertiary/aromatic N) is 2. The van der Waals surface area contributed by atoms with Crippen molar-refractivity contribution in [1.82, 2.24) is 9.55 Å². The van der Waals surface area contributed by atoms with Crippen LogP contribution in [0, 0.1) is 13.8 Å². The molecule has 0 saturated heterocycles. The van der Waals surface area contributed by atoms with Crippen molar-refractivity contribution in [2.24, 2.45) is 0 Å². The van der Waals surface area contributed by atoms with E-state index >= 15 is 0 Å². The van der Waals surface area contributed by atoms with Crippen molar-refractivity contribution in [3.8, 4) is 5.75 Å². The molecule has 0 atom stereocenters. The number of aryl methyl sites for hydroxylation is 2. The number of fused-ring (bicyclic) bond motifs is 1. The Morgan fingerprint density at radius 3 is 2.64 bits per heavy atom. The summed E-state index contributed by atoms with van der Waals surface area (Å²) in [6.45, 7) is 4.52. The molecule has 0 radical (unpaired) electrons. The molecule has 0 aliphatic heterocycles. The summed E-state index contributed by atoms with van der Waals surface area (Å²) in [4.78, 5) is 15.7. The summed E-state index contributed by atoms with van der Waals surface area (Å²) in [5, 5.41) is 9.86. The van der Waals surface area contributed by atoms with Crippen molar-refractivity contribution < 1.29 is 14.6 Å². The summed E-state index contributed by atoms with van der Waals surface area (Å²) >= 11 is 1.51. The van der Waals surface area contributed by atoms with Crippen LogP contribution in [0.15, 0.2) is 47.6 Å². The van der Waals surface area contributed by atoms with Crippen molar-refractivity contribution >= 4 is 28.8 Å². The number of aromatic nitrogens is 2. The Labute approximate surface area is 150 Å². The maximum absolute atomic E-state index is 11.2. The smallest absolute Gasteiger partial charge is 0.323 e. The number of carbonyl (C=O) groups is 1. The number of benzene rings is 2. The first-order chi connectivity index (χ1) is 12.0. The molecule has 1 N–H and O–H groups in total. The Hall–Kier alpha value is -2.47. The molecule has 5 nitrogen and oxygen atoms in total. The molecule has 1 aromatic heterocycles. The minimum absolute atomic E-state index is 0.0964. The summed E-state index contributed by atoms with van der Waals surface area (Å²) < 4.78 is 7.55. The van der Waals surface area contributed by atoms with Gasteiger partial charge in [0.25, 0.3) is 0 Å². The van der Waals surface area contributed by atoms with E-state index in [-0.39, 0.29) is 6.54 Å². The SMILES string of the molecule is Cc1cc(C)cc(OCCSc2nc3ccccc3n2CC(=O)O)c1. The average Bonchev–Trinajstić information content (AvgIpc) is 2.88. The van der Waals surface area contributed by atoms with Crippen LogP contribution in [0.3, 0.4) is 0 Å². The van der Waals surface area contributed by atoms with Gasteiger partial charge >= 0.3 is 5.97 Å². The van der Waals surface area contributed by atoms with Gasteiger partial charge in [0.15, 0.2) is 5.16 Å². The fourth-order valence-electron chi connectivity index (χ4n) is 2.76. The zero-order chi connectivity index (χ0) is 17.8. The van der Waals surface area contributed by atoms with Gasteiger partial charge in [-0.25, -0.2) is 4.98 Å². The fraction of sp³-hybridized carbons (Fsp3) is 0.263. The van der Waals surface area contributed by atoms with Gasteiger partial charge < -0.3 is 14.4 Å². The molecule has 25 heavy (non-hydrogen) atoms. The number of carboxylic acid groups (broad SMARTS) is 1. The first kappa shape index (κ1) is 17.4. The number of carboxylic acids is 1. The molecule has 0 saturated carbocycles. The molecule has 6 heteroatoms. The third-order valence-electron chi connectivity index (χ3n) is 3.69. The largest absolute Gasteiger partial charge is 0.493 e. The Bertz CT molecular complexity index is 885. The average molecular weight is 356 g/mol.